The van der Waals surface area contributed by atoms with Gasteiger partial charge in [0, 0.05) is 18.3 Å². The minimum absolute atomic E-state index is 0.289. The Hall–Kier alpha value is -2.07. The number of hydrazine groups is 1. The first-order chi connectivity index (χ1) is 9.28. The molecule has 0 bridgehead atoms. The predicted octanol–water partition coefficient (Wildman–Crippen LogP) is 3.34. The fraction of sp³-hybridized carbons (Fsp3) is 0.200. The van der Waals surface area contributed by atoms with Crippen molar-refractivity contribution in [1.82, 2.24) is 5.43 Å². The Morgan fingerprint density at radius 1 is 1.11 bits per heavy atom. The number of anilines is 1. The first-order valence-electron chi connectivity index (χ1n) is 6.24. The third-order valence-electron chi connectivity index (χ3n) is 2.54. The summed E-state index contributed by atoms with van der Waals surface area (Å²) >= 11 is 0. The molecule has 4 heteroatoms. The first-order valence-corrected chi connectivity index (χ1v) is 6.24. The highest BCUT2D eigenvalue weighted by molar-refractivity contribution is 5.41. The van der Waals surface area contributed by atoms with Gasteiger partial charge in [0.15, 0.2) is 0 Å². The Morgan fingerprint density at radius 2 is 1.89 bits per heavy atom. The lowest BCUT2D eigenvalue weighted by atomic mass is 10.2. The number of halogens is 1. The van der Waals surface area contributed by atoms with Crippen molar-refractivity contribution in [2.45, 2.75) is 13.5 Å². The van der Waals surface area contributed by atoms with Crippen LogP contribution < -0.4 is 15.6 Å². The number of hydrogen-bond acceptors (Lipinski definition) is 3. The first kappa shape index (κ1) is 13.4. The maximum absolute atomic E-state index is 13.4. The van der Waals surface area contributed by atoms with Gasteiger partial charge in [-0.15, -0.1) is 0 Å². The fourth-order valence-corrected chi connectivity index (χ4v) is 1.74. The van der Waals surface area contributed by atoms with E-state index in [-0.39, 0.29) is 5.82 Å². The molecule has 3 nitrogen and oxygen atoms in total. The van der Waals surface area contributed by atoms with Crippen LogP contribution in [0.15, 0.2) is 48.5 Å². The average Bonchev–Trinajstić information content (AvgIpc) is 2.40. The van der Waals surface area contributed by atoms with E-state index in [0.29, 0.717) is 18.9 Å². The maximum atomic E-state index is 13.4. The van der Waals surface area contributed by atoms with E-state index in [1.165, 1.54) is 12.1 Å². The summed E-state index contributed by atoms with van der Waals surface area (Å²) in [7, 11) is 0. The molecule has 0 saturated heterocycles. The number of rotatable bonds is 6. The summed E-state index contributed by atoms with van der Waals surface area (Å²) in [4.78, 5) is 0. The van der Waals surface area contributed by atoms with E-state index in [1.54, 1.807) is 0 Å². The van der Waals surface area contributed by atoms with Crippen molar-refractivity contribution in [3.8, 4) is 5.75 Å². The lowest BCUT2D eigenvalue weighted by Crippen LogP contribution is -2.20. The van der Waals surface area contributed by atoms with Gasteiger partial charge in [-0.25, -0.2) is 9.82 Å². The van der Waals surface area contributed by atoms with Gasteiger partial charge in [0.25, 0.3) is 0 Å². The normalized spacial score (nSPS) is 10.2. The van der Waals surface area contributed by atoms with Crippen molar-refractivity contribution in [3.63, 3.8) is 0 Å². The van der Waals surface area contributed by atoms with Crippen molar-refractivity contribution in [2.24, 2.45) is 0 Å². The number of benzene rings is 2. The van der Waals surface area contributed by atoms with E-state index in [2.05, 4.69) is 10.9 Å². The minimum Gasteiger partial charge on any atom is -0.494 e. The predicted molar refractivity (Wildman–Crippen MR) is 74.5 cm³/mol. The quantitative estimate of drug-likeness (QED) is 0.781. The molecule has 19 heavy (non-hydrogen) atoms. The van der Waals surface area contributed by atoms with Crippen LogP contribution in [0.25, 0.3) is 0 Å². The third-order valence-corrected chi connectivity index (χ3v) is 2.54. The summed E-state index contributed by atoms with van der Waals surface area (Å²) in [5.41, 5.74) is 7.88. The van der Waals surface area contributed by atoms with Crippen LogP contribution in [0.4, 0.5) is 10.1 Å². The Balaban J connectivity index is 1.92. The van der Waals surface area contributed by atoms with E-state index >= 15 is 0 Å². The van der Waals surface area contributed by atoms with Gasteiger partial charge < -0.3 is 10.2 Å². The largest absolute Gasteiger partial charge is 0.494 e. The highest BCUT2D eigenvalue weighted by Gasteiger charge is 2.01. The SMILES string of the molecule is CCOc1cc(F)cc(CNNc2ccccc2)c1. The lowest BCUT2D eigenvalue weighted by molar-refractivity contribution is 0.337. The van der Waals surface area contributed by atoms with Crippen LogP contribution in [0, 0.1) is 5.82 Å². The van der Waals surface area contributed by atoms with Crippen LogP contribution in [-0.4, -0.2) is 6.61 Å². The number of para-hydroxylation sites is 1. The van der Waals surface area contributed by atoms with Crippen LogP contribution in [0.2, 0.25) is 0 Å². The zero-order valence-electron chi connectivity index (χ0n) is 10.8. The average molecular weight is 260 g/mol. The summed E-state index contributed by atoms with van der Waals surface area (Å²) in [5.74, 6) is 0.265. The molecule has 0 aliphatic carbocycles. The Bertz CT molecular complexity index is 517. The molecule has 0 aromatic heterocycles. The van der Waals surface area contributed by atoms with Crippen LogP contribution >= 0.6 is 0 Å². The van der Waals surface area contributed by atoms with E-state index in [1.807, 2.05) is 43.3 Å². The summed E-state index contributed by atoms with van der Waals surface area (Å²) in [6.45, 7) is 2.91. The van der Waals surface area contributed by atoms with Gasteiger partial charge in [-0.05, 0) is 36.8 Å². The molecule has 0 radical (unpaired) electrons. The Morgan fingerprint density at radius 3 is 2.63 bits per heavy atom. The molecule has 0 saturated carbocycles. The van der Waals surface area contributed by atoms with Crippen molar-refractivity contribution in [1.29, 1.82) is 0 Å². The van der Waals surface area contributed by atoms with Crippen LogP contribution in [0.1, 0.15) is 12.5 Å². The van der Waals surface area contributed by atoms with E-state index in [4.69, 9.17) is 4.74 Å². The lowest BCUT2D eigenvalue weighted by Gasteiger charge is -2.10. The van der Waals surface area contributed by atoms with E-state index in [0.717, 1.165) is 11.3 Å². The summed E-state index contributed by atoms with van der Waals surface area (Å²) in [6.07, 6.45) is 0. The van der Waals surface area contributed by atoms with Crippen LogP contribution in [-0.2, 0) is 6.54 Å². The van der Waals surface area contributed by atoms with E-state index in [9.17, 15) is 4.39 Å². The molecule has 0 aliphatic heterocycles. The smallest absolute Gasteiger partial charge is 0.127 e. The second-order valence-electron chi connectivity index (χ2n) is 4.07. The van der Waals surface area contributed by atoms with Gasteiger partial charge in [0.2, 0.25) is 0 Å². The second-order valence-corrected chi connectivity index (χ2v) is 4.07. The molecule has 0 aliphatic rings. The standard InChI is InChI=1S/C15H17FN2O/c1-2-19-15-9-12(8-13(16)10-15)11-17-18-14-6-4-3-5-7-14/h3-10,17-18H,2,11H2,1H3. The molecule has 2 aromatic rings. The zero-order valence-corrected chi connectivity index (χ0v) is 10.8. The summed E-state index contributed by atoms with van der Waals surface area (Å²) < 4.78 is 18.7. The third kappa shape index (κ3) is 4.26. The van der Waals surface area contributed by atoms with Crippen molar-refractivity contribution in [3.05, 3.63) is 59.9 Å². The Kier molecular flexibility index (Phi) is 4.75. The van der Waals surface area contributed by atoms with Gasteiger partial charge in [0.05, 0.1) is 6.61 Å². The molecular weight excluding hydrogens is 243 g/mol. The summed E-state index contributed by atoms with van der Waals surface area (Å²) in [5, 5.41) is 0. The van der Waals surface area contributed by atoms with Crippen molar-refractivity contribution < 1.29 is 9.13 Å². The highest BCUT2D eigenvalue weighted by Crippen LogP contribution is 2.16. The fourth-order valence-electron chi connectivity index (χ4n) is 1.74. The molecule has 0 amide bonds. The number of nitrogens with one attached hydrogen (secondary N) is 2. The molecule has 0 atom stereocenters. The van der Waals surface area contributed by atoms with Gasteiger partial charge in [-0.1, -0.05) is 18.2 Å². The molecule has 0 unspecified atom stereocenters. The molecule has 2 rings (SSSR count). The van der Waals surface area contributed by atoms with Crippen molar-refractivity contribution >= 4 is 5.69 Å². The van der Waals surface area contributed by atoms with Gasteiger partial charge >= 0.3 is 0 Å². The monoisotopic (exact) mass is 260 g/mol. The maximum Gasteiger partial charge on any atom is 0.127 e. The Labute approximate surface area is 112 Å². The zero-order chi connectivity index (χ0) is 13.5. The molecule has 2 N–H and O–H groups in total. The number of ether oxygens (including phenoxy) is 1. The molecule has 0 fully saturated rings. The molecule has 0 spiro atoms. The van der Waals surface area contributed by atoms with Crippen molar-refractivity contribution in [2.75, 3.05) is 12.0 Å². The van der Waals surface area contributed by atoms with Gasteiger partial charge in [0.1, 0.15) is 11.6 Å². The molecule has 2 aromatic carbocycles. The van der Waals surface area contributed by atoms with Gasteiger partial charge in [-0.3, -0.25) is 0 Å². The molecule has 0 heterocycles. The van der Waals surface area contributed by atoms with Gasteiger partial charge in [-0.2, -0.15) is 0 Å². The second kappa shape index (κ2) is 6.75. The van der Waals surface area contributed by atoms with E-state index < -0.39 is 0 Å². The molecular formula is C15H17FN2O. The number of hydrogen-bond donors (Lipinski definition) is 2. The highest BCUT2D eigenvalue weighted by atomic mass is 19.1. The van der Waals surface area contributed by atoms with Crippen LogP contribution in [0.5, 0.6) is 5.75 Å². The topological polar surface area (TPSA) is 33.3 Å². The minimum atomic E-state index is -0.289. The molecule has 100 valence electrons. The summed E-state index contributed by atoms with van der Waals surface area (Å²) in [6, 6.07) is 14.4. The van der Waals surface area contributed by atoms with Crippen LogP contribution in [0.3, 0.4) is 0 Å².